The van der Waals surface area contributed by atoms with Gasteiger partial charge in [-0.2, -0.15) is 0 Å². The number of hydrogen-bond acceptors (Lipinski definition) is 0. The summed E-state index contributed by atoms with van der Waals surface area (Å²) >= 11 is -3.54. The average Bonchev–Trinajstić information content (AvgIpc) is 3.26. The van der Waals surface area contributed by atoms with Gasteiger partial charge in [0, 0.05) is 0 Å². The molecule has 0 nitrogen and oxygen atoms in total. The molecule has 0 N–H and O–H groups in total. The molecule has 2 aliphatic rings. The average molecular weight is 558 g/mol. The number of allylic oxidation sites excluding steroid dienone is 1. The van der Waals surface area contributed by atoms with Gasteiger partial charge in [0.25, 0.3) is 0 Å². The fourth-order valence-corrected chi connectivity index (χ4v) is 27.0. The van der Waals surface area contributed by atoms with E-state index in [4.69, 9.17) is 0 Å². The van der Waals surface area contributed by atoms with E-state index in [1.54, 1.807) is 22.3 Å². The van der Waals surface area contributed by atoms with Crippen molar-refractivity contribution in [3.8, 4) is 11.1 Å². The minimum atomic E-state index is -3.54. The van der Waals surface area contributed by atoms with Crippen LogP contribution in [0, 0.1) is 0 Å². The topological polar surface area (TPSA) is 0 Å². The summed E-state index contributed by atoms with van der Waals surface area (Å²) in [6, 6.07) is 24.0. The van der Waals surface area contributed by atoms with Gasteiger partial charge in [0.05, 0.1) is 0 Å². The normalized spacial score (nSPS) is 18.2. The van der Waals surface area contributed by atoms with Gasteiger partial charge >= 0.3 is 217 Å². The summed E-state index contributed by atoms with van der Waals surface area (Å²) in [7, 11) is 0. The zero-order valence-corrected chi connectivity index (χ0v) is 27.1. The van der Waals surface area contributed by atoms with Crippen molar-refractivity contribution in [1.82, 2.24) is 0 Å². The van der Waals surface area contributed by atoms with Crippen LogP contribution in [-0.2, 0) is 28.2 Å². The maximum absolute atomic E-state index is 3.54. The first-order valence-electron chi connectivity index (χ1n) is 13.2. The van der Waals surface area contributed by atoms with Crippen molar-refractivity contribution in [2.24, 2.45) is 0 Å². The molecule has 0 spiro atoms. The molecule has 0 radical (unpaired) electrons. The predicted molar refractivity (Wildman–Crippen MR) is 154 cm³/mol. The Labute approximate surface area is 215 Å². The van der Waals surface area contributed by atoms with Crippen LogP contribution in [-0.4, -0.2) is 6.88 Å². The van der Waals surface area contributed by atoms with Crippen LogP contribution in [0.25, 0.3) is 17.2 Å². The van der Waals surface area contributed by atoms with E-state index in [2.05, 4.69) is 131 Å². The molecule has 1 unspecified atom stereocenters. The molecule has 0 aliphatic heterocycles. The molecule has 3 aromatic carbocycles. The third-order valence-corrected chi connectivity index (χ3v) is 26.4. The monoisotopic (exact) mass is 556 g/mol. The summed E-state index contributed by atoms with van der Waals surface area (Å²) in [5, 5.41) is 0. The van der Waals surface area contributed by atoms with Crippen LogP contribution in [0.5, 0.6) is 0 Å². The van der Waals surface area contributed by atoms with E-state index in [1.165, 1.54) is 27.8 Å². The summed E-state index contributed by atoms with van der Waals surface area (Å²) in [6.07, 6.45) is 2.47. The van der Waals surface area contributed by atoms with E-state index in [0.29, 0.717) is 7.25 Å². The van der Waals surface area contributed by atoms with Gasteiger partial charge < -0.3 is 0 Å². The second-order valence-electron chi connectivity index (χ2n) is 14.4. The molecule has 5 rings (SSSR count). The van der Waals surface area contributed by atoms with Crippen molar-refractivity contribution in [1.29, 1.82) is 0 Å². The van der Waals surface area contributed by atoms with Crippen LogP contribution in [0.2, 0.25) is 9.26 Å². The Bertz CT molecular complexity index is 1390. The van der Waals surface area contributed by atoms with Gasteiger partial charge in [0.15, 0.2) is 0 Å². The molecule has 2 heteroatoms. The van der Waals surface area contributed by atoms with Gasteiger partial charge in [-0.15, -0.1) is 0 Å². The van der Waals surface area contributed by atoms with Crippen LogP contribution in [0.3, 0.4) is 0 Å². The Hall–Kier alpha value is -1.50. The SMILES string of the molecule is CC1=Cc2ccccc2[CH]1[Zr]([CH3])([CH3])(=[SiH2])[CH]1c2cc(C(C)(C)C)ccc2-c2ccc(C(C)(C)C)cc21. The summed E-state index contributed by atoms with van der Waals surface area (Å²) in [6.45, 7) is 18.9. The van der Waals surface area contributed by atoms with Crippen LogP contribution in [0.1, 0.15) is 89.1 Å². The van der Waals surface area contributed by atoms with Gasteiger partial charge in [-0.3, -0.25) is 0 Å². The molecule has 0 saturated heterocycles. The Kier molecular flexibility index (Phi) is 5.57. The Balaban J connectivity index is 1.82. The number of hydrogen-bond donors (Lipinski definition) is 0. The molecule has 182 valence electrons. The zero-order valence-electron chi connectivity index (χ0n) is 23.2. The first kappa shape index (κ1) is 25.2. The quantitative estimate of drug-likeness (QED) is 0.276. The summed E-state index contributed by atoms with van der Waals surface area (Å²) in [4.78, 5) is 0. The van der Waals surface area contributed by atoms with Crippen molar-refractivity contribution >= 4 is 13.0 Å². The maximum atomic E-state index is 2.75. The predicted octanol–water partition coefficient (Wildman–Crippen LogP) is 8.84. The molecule has 2 aliphatic carbocycles. The van der Waals surface area contributed by atoms with E-state index < -0.39 is 17.4 Å². The van der Waals surface area contributed by atoms with Crippen molar-refractivity contribution < 1.29 is 17.4 Å². The second-order valence-corrected chi connectivity index (χ2v) is 44.9. The van der Waals surface area contributed by atoms with Crippen molar-refractivity contribution in [3.63, 3.8) is 0 Å². The third-order valence-electron chi connectivity index (χ3n) is 8.79. The molecule has 1 atom stereocenters. The molecule has 0 aromatic heterocycles. The van der Waals surface area contributed by atoms with Crippen LogP contribution >= 0.6 is 0 Å². The standard InChI is InChI=1S/C21H25.C10H9.2CH3.H2Si.Zr/c1-20(2,3)16-7-9-18-14(12-16)11-15-13-17(21(4,5)6)8-10-19(15)18;1-8-6-9-4-2-3-5-10(9)7-8;;;;/h7-13H,1-6H3;2-7H,1H3;2*1H3;1H2;. The van der Waals surface area contributed by atoms with E-state index in [-0.39, 0.29) is 10.8 Å². The number of fused-ring (bicyclic) bond motifs is 4. The van der Waals surface area contributed by atoms with E-state index in [9.17, 15) is 0 Å². The van der Waals surface area contributed by atoms with Crippen LogP contribution in [0.15, 0.2) is 66.2 Å². The van der Waals surface area contributed by atoms with Crippen LogP contribution in [0.4, 0.5) is 0 Å². The summed E-state index contributed by atoms with van der Waals surface area (Å²) < 4.78 is 6.59. The molecule has 0 amide bonds. The molecule has 3 aromatic rings. The number of benzene rings is 3. The first-order valence-corrected chi connectivity index (χ1v) is 26.9. The third kappa shape index (κ3) is 3.95. The van der Waals surface area contributed by atoms with Crippen LogP contribution < -0.4 is 0 Å². The van der Waals surface area contributed by atoms with Gasteiger partial charge in [0.1, 0.15) is 0 Å². The van der Waals surface area contributed by atoms with Crippen molar-refractivity contribution in [3.05, 3.63) is 99.6 Å². The molecule has 0 heterocycles. The fourth-order valence-electron chi connectivity index (χ4n) is 7.12. The van der Waals surface area contributed by atoms with E-state index in [0.717, 1.165) is 0 Å². The zero-order chi connectivity index (χ0) is 25.6. The molecule has 0 bridgehead atoms. The molecule has 35 heavy (non-hydrogen) atoms. The Morgan fingerprint density at radius 2 is 1.14 bits per heavy atom. The second kappa shape index (κ2) is 7.75. The van der Waals surface area contributed by atoms with Gasteiger partial charge in [0.2, 0.25) is 0 Å². The van der Waals surface area contributed by atoms with E-state index >= 15 is 0 Å². The molecule has 0 fully saturated rings. The molecule has 0 saturated carbocycles. The molecular weight excluding hydrogens is 516 g/mol. The van der Waals surface area contributed by atoms with E-state index in [1.807, 2.05) is 0 Å². The van der Waals surface area contributed by atoms with Gasteiger partial charge in [-0.1, -0.05) is 0 Å². The van der Waals surface area contributed by atoms with Gasteiger partial charge in [-0.25, -0.2) is 0 Å². The van der Waals surface area contributed by atoms with Crippen molar-refractivity contribution in [2.45, 2.75) is 75.8 Å². The van der Waals surface area contributed by atoms with Crippen molar-refractivity contribution in [2.75, 3.05) is 0 Å². The Morgan fingerprint density at radius 3 is 1.63 bits per heavy atom. The minimum absolute atomic E-state index is 0.142. The van der Waals surface area contributed by atoms with Gasteiger partial charge in [-0.05, 0) is 0 Å². The molecular formula is C33H42SiZr. The number of rotatable bonds is 2. The first-order chi connectivity index (χ1) is 16.1. The summed E-state index contributed by atoms with van der Waals surface area (Å²) in [5.41, 5.74) is 13.9. The Morgan fingerprint density at radius 1 is 0.657 bits per heavy atom. The fraction of sp³-hybridized carbons (Fsp3) is 0.394. The summed E-state index contributed by atoms with van der Waals surface area (Å²) in [5.74, 6) is 0.